The first-order chi connectivity index (χ1) is 10.1. The zero-order valence-corrected chi connectivity index (χ0v) is 12.9. The summed E-state index contributed by atoms with van der Waals surface area (Å²) in [6.07, 6.45) is 4.93. The van der Waals surface area contributed by atoms with Crippen molar-refractivity contribution < 1.29 is 13.2 Å². The standard InChI is InChI=1S/C16H21NO3S/c17-12-15-7-3-8-16(11-15)20-9-4-10-21(18,19)13-14-5-1-2-6-14/h3,7-8,11,14H,1-2,4-6,9-10,13H2. The molecule has 1 saturated carbocycles. The summed E-state index contributed by atoms with van der Waals surface area (Å²) in [5, 5.41) is 8.79. The highest BCUT2D eigenvalue weighted by molar-refractivity contribution is 7.91. The van der Waals surface area contributed by atoms with Crippen molar-refractivity contribution in [1.29, 1.82) is 5.26 Å². The minimum atomic E-state index is -2.96. The van der Waals surface area contributed by atoms with Crippen molar-refractivity contribution >= 4 is 9.84 Å². The third kappa shape index (κ3) is 5.39. The summed E-state index contributed by atoms with van der Waals surface area (Å²) in [5.41, 5.74) is 0.543. The van der Waals surface area contributed by atoms with Crippen molar-refractivity contribution in [2.75, 3.05) is 18.1 Å². The van der Waals surface area contributed by atoms with Crippen molar-refractivity contribution in [3.8, 4) is 11.8 Å². The molecule has 0 spiro atoms. The van der Waals surface area contributed by atoms with Gasteiger partial charge in [-0.2, -0.15) is 5.26 Å². The Morgan fingerprint density at radius 3 is 2.76 bits per heavy atom. The van der Waals surface area contributed by atoms with E-state index in [1.165, 1.54) is 12.8 Å². The maximum Gasteiger partial charge on any atom is 0.150 e. The number of rotatable bonds is 7. The highest BCUT2D eigenvalue weighted by Crippen LogP contribution is 2.26. The predicted octanol–water partition coefficient (Wildman–Crippen LogP) is 2.93. The molecule has 1 aliphatic carbocycles. The summed E-state index contributed by atoms with van der Waals surface area (Å²) in [4.78, 5) is 0. The third-order valence-corrected chi connectivity index (χ3v) is 5.69. The Bertz CT molecular complexity index is 598. The highest BCUT2D eigenvalue weighted by Gasteiger charge is 2.22. The van der Waals surface area contributed by atoms with Gasteiger partial charge in [0, 0.05) is 0 Å². The normalized spacial score (nSPS) is 15.8. The Kier molecular flexibility index (Phi) is 5.63. The largest absolute Gasteiger partial charge is 0.494 e. The van der Waals surface area contributed by atoms with Crippen LogP contribution in [0.5, 0.6) is 5.75 Å². The minimum absolute atomic E-state index is 0.182. The van der Waals surface area contributed by atoms with E-state index in [0.717, 1.165) is 12.8 Å². The van der Waals surface area contributed by atoms with Crippen LogP contribution in [0.4, 0.5) is 0 Å². The predicted molar refractivity (Wildman–Crippen MR) is 81.9 cm³/mol. The van der Waals surface area contributed by atoms with E-state index in [-0.39, 0.29) is 5.75 Å². The lowest BCUT2D eigenvalue weighted by atomic mass is 10.1. The molecule has 1 aliphatic rings. The Labute approximate surface area is 126 Å². The van der Waals surface area contributed by atoms with Crippen molar-refractivity contribution in [1.82, 2.24) is 0 Å². The average molecular weight is 307 g/mol. The zero-order chi connectivity index (χ0) is 15.1. The monoisotopic (exact) mass is 307 g/mol. The van der Waals surface area contributed by atoms with Gasteiger partial charge in [0.2, 0.25) is 0 Å². The van der Waals surface area contributed by atoms with Crippen molar-refractivity contribution in [2.24, 2.45) is 5.92 Å². The van der Waals surface area contributed by atoms with E-state index in [4.69, 9.17) is 10.00 Å². The Balaban J connectivity index is 1.72. The van der Waals surface area contributed by atoms with Crippen LogP contribution in [0.1, 0.15) is 37.7 Å². The number of benzene rings is 1. The van der Waals surface area contributed by atoms with Crippen LogP contribution >= 0.6 is 0 Å². The van der Waals surface area contributed by atoms with E-state index in [1.54, 1.807) is 24.3 Å². The van der Waals surface area contributed by atoms with E-state index in [9.17, 15) is 8.42 Å². The van der Waals surface area contributed by atoms with Gasteiger partial charge in [-0.15, -0.1) is 0 Å². The number of hydrogen-bond donors (Lipinski definition) is 0. The molecule has 114 valence electrons. The van der Waals surface area contributed by atoms with Crippen LogP contribution in [0.3, 0.4) is 0 Å². The van der Waals surface area contributed by atoms with Gasteiger partial charge in [-0.25, -0.2) is 8.42 Å². The van der Waals surface area contributed by atoms with Crippen LogP contribution in [0.2, 0.25) is 0 Å². The van der Waals surface area contributed by atoms with Crippen LogP contribution in [0.25, 0.3) is 0 Å². The van der Waals surface area contributed by atoms with Gasteiger partial charge < -0.3 is 4.74 Å². The van der Waals surface area contributed by atoms with Gasteiger partial charge in [0.05, 0.1) is 29.7 Å². The lowest BCUT2D eigenvalue weighted by Crippen LogP contribution is -2.18. The van der Waals surface area contributed by atoms with Crippen LogP contribution in [0, 0.1) is 17.2 Å². The van der Waals surface area contributed by atoms with Gasteiger partial charge in [-0.3, -0.25) is 0 Å². The van der Waals surface area contributed by atoms with Crippen molar-refractivity contribution in [2.45, 2.75) is 32.1 Å². The molecule has 0 aliphatic heterocycles. The van der Waals surface area contributed by atoms with Crippen LogP contribution in [-0.2, 0) is 9.84 Å². The molecule has 1 aromatic rings. The molecule has 5 heteroatoms. The molecule has 2 rings (SSSR count). The summed E-state index contributed by atoms with van der Waals surface area (Å²) < 4.78 is 29.5. The number of ether oxygens (including phenoxy) is 1. The fourth-order valence-corrected chi connectivity index (χ4v) is 4.52. The molecule has 0 saturated heterocycles. The van der Waals surface area contributed by atoms with E-state index >= 15 is 0 Å². The Morgan fingerprint density at radius 1 is 1.29 bits per heavy atom. The molecular weight excluding hydrogens is 286 g/mol. The molecule has 0 radical (unpaired) electrons. The molecule has 0 aromatic heterocycles. The fourth-order valence-electron chi connectivity index (χ4n) is 2.74. The number of nitrogens with zero attached hydrogens (tertiary/aromatic N) is 1. The van der Waals surface area contributed by atoms with Gasteiger partial charge in [0.1, 0.15) is 5.75 Å². The second kappa shape index (κ2) is 7.46. The quantitative estimate of drug-likeness (QED) is 0.726. The van der Waals surface area contributed by atoms with Crippen LogP contribution in [0.15, 0.2) is 24.3 Å². The molecule has 0 heterocycles. The second-order valence-electron chi connectivity index (χ2n) is 5.61. The summed E-state index contributed by atoms with van der Waals surface area (Å²) >= 11 is 0. The van der Waals surface area contributed by atoms with E-state index in [2.05, 4.69) is 0 Å². The fraction of sp³-hybridized carbons (Fsp3) is 0.562. The molecule has 0 N–H and O–H groups in total. The maximum absolute atomic E-state index is 12.0. The topological polar surface area (TPSA) is 67.2 Å². The first kappa shape index (κ1) is 15.8. The van der Waals surface area contributed by atoms with Crippen LogP contribution < -0.4 is 4.74 Å². The molecule has 0 atom stereocenters. The Morgan fingerprint density at radius 2 is 2.05 bits per heavy atom. The van der Waals surface area contributed by atoms with E-state index in [0.29, 0.717) is 36.0 Å². The van der Waals surface area contributed by atoms with Crippen LogP contribution in [-0.4, -0.2) is 26.5 Å². The molecular formula is C16H21NO3S. The molecule has 1 aromatic carbocycles. The average Bonchev–Trinajstić information content (AvgIpc) is 2.96. The SMILES string of the molecule is N#Cc1cccc(OCCCS(=O)(=O)CC2CCCC2)c1. The molecule has 0 amide bonds. The van der Waals surface area contributed by atoms with Gasteiger partial charge in [0.15, 0.2) is 9.84 Å². The summed E-state index contributed by atoms with van der Waals surface area (Å²) in [6.45, 7) is 0.360. The number of nitriles is 1. The Hall–Kier alpha value is -1.54. The highest BCUT2D eigenvalue weighted by atomic mass is 32.2. The smallest absolute Gasteiger partial charge is 0.150 e. The van der Waals surface area contributed by atoms with Gasteiger partial charge in [0.25, 0.3) is 0 Å². The molecule has 0 unspecified atom stereocenters. The van der Waals surface area contributed by atoms with Gasteiger partial charge >= 0.3 is 0 Å². The first-order valence-corrected chi connectivity index (χ1v) is 9.24. The molecule has 4 nitrogen and oxygen atoms in total. The minimum Gasteiger partial charge on any atom is -0.494 e. The van der Waals surface area contributed by atoms with E-state index < -0.39 is 9.84 Å². The molecule has 0 bridgehead atoms. The number of hydrogen-bond acceptors (Lipinski definition) is 4. The van der Waals surface area contributed by atoms with E-state index in [1.807, 2.05) is 6.07 Å². The van der Waals surface area contributed by atoms with Crippen molar-refractivity contribution in [3.05, 3.63) is 29.8 Å². The summed E-state index contributed by atoms with van der Waals surface area (Å²) in [5.74, 6) is 1.49. The lowest BCUT2D eigenvalue weighted by Gasteiger charge is -2.10. The maximum atomic E-state index is 12.0. The lowest BCUT2D eigenvalue weighted by molar-refractivity contribution is 0.317. The number of sulfone groups is 1. The van der Waals surface area contributed by atoms with Gasteiger partial charge in [-0.1, -0.05) is 18.9 Å². The molecule has 1 fully saturated rings. The third-order valence-electron chi connectivity index (χ3n) is 3.80. The first-order valence-electron chi connectivity index (χ1n) is 7.42. The van der Waals surface area contributed by atoms with Gasteiger partial charge in [-0.05, 0) is 43.4 Å². The summed E-state index contributed by atoms with van der Waals surface area (Å²) in [7, 11) is -2.96. The molecule has 21 heavy (non-hydrogen) atoms. The second-order valence-corrected chi connectivity index (χ2v) is 7.84. The van der Waals surface area contributed by atoms with Crippen molar-refractivity contribution in [3.63, 3.8) is 0 Å². The zero-order valence-electron chi connectivity index (χ0n) is 12.1. The summed E-state index contributed by atoms with van der Waals surface area (Å²) in [6, 6.07) is 8.94.